The predicted molar refractivity (Wildman–Crippen MR) is 122 cm³/mol. The molecule has 1 unspecified atom stereocenters. The van der Waals surface area contributed by atoms with E-state index in [9.17, 15) is 18.3 Å². The average molecular weight is 517 g/mol. The molecule has 0 spiro atoms. The van der Waals surface area contributed by atoms with Crippen LogP contribution in [0.3, 0.4) is 0 Å². The summed E-state index contributed by atoms with van der Waals surface area (Å²) in [5.41, 5.74) is 2.11. The van der Waals surface area contributed by atoms with Gasteiger partial charge in [0, 0.05) is 15.5 Å². The highest BCUT2D eigenvalue weighted by molar-refractivity contribution is 9.10. The predicted octanol–water partition coefficient (Wildman–Crippen LogP) is 4.18. The van der Waals surface area contributed by atoms with E-state index in [1.54, 1.807) is 12.1 Å². The average Bonchev–Trinajstić information content (AvgIpc) is 2.59. The molecule has 0 heterocycles. The SMILES string of the molecule is C[Si](C)(C)c1c(Br)cc2c(c1C(=O)O)CCC(NS(=O)(=O)c1ccc(Cl)cc1)C2. The summed E-state index contributed by atoms with van der Waals surface area (Å²) < 4.78 is 29.0. The minimum atomic E-state index is -3.68. The van der Waals surface area contributed by atoms with E-state index in [1.165, 1.54) is 12.1 Å². The van der Waals surface area contributed by atoms with Crippen molar-refractivity contribution in [1.82, 2.24) is 4.72 Å². The summed E-state index contributed by atoms with van der Waals surface area (Å²) in [6, 6.07) is 7.70. The van der Waals surface area contributed by atoms with Gasteiger partial charge in [-0.3, -0.25) is 0 Å². The Labute approximate surface area is 185 Å². The molecule has 0 fully saturated rings. The second-order valence-corrected chi connectivity index (χ2v) is 16.3. The van der Waals surface area contributed by atoms with Crippen molar-refractivity contribution < 1.29 is 18.3 Å². The molecule has 0 aliphatic heterocycles. The fraction of sp³-hybridized carbons (Fsp3) is 0.350. The van der Waals surface area contributed by atoms with E-state index in [0.717, 1.165) is 20.8 Å². The molecule has 2 N–H and O–H groups in total. The number of carbonyl (C=O) groups is 1. The fourth-order valence-corrected chi connectivity index (χ4v) is 9.32. The molecule has 29 heavy (non-hydrogen) atoms. The van der Waals surface area contributed by atoms with E-state index in [4.69, 9.17) is 11.6 Å². The first-order valence-corrected chi connectivity index (χ1v) is 15.4. The Morgan fingerprint density at radius 3 is 2.41 bits per heavy atom. The fourth-order valence-electron chi connectivity index (χ4n) is 3.87. The first-order chi connectivity index (χ1) is 13.4. The maximum atomic E-state index is 12.7. The van der Waals surface area contributed by atoms with Crippen LogP contribution in [-0.2, 0) is 22.9 Å². The smallest absolute Gasteiger partial charge is 0.335 e. The summed E-state index contributed by atoms with van der Waals surface area (Å²) in [4.78, 5) is 12.3. The first-order valence-electron chi connectivity index (χ1n) is 9.26. The highest BCUT2D eigenvalue weighted by atomic mass is 79.9. The van der Waals surface area contributed by atoms with Gasteiger partial charge in [0.2, 0.25) is 10.0 Å². The van der Waals surface area contributed by atoms with Gasteiger partial charge in [0.05, 0.1) is 18.5 Å². The lowest BCUT2D eigenvalue weighted by molar-refractivity contribution is 0.0696. The normalized spacial score (nSPS) is 17.1. The van der Waals surface area contributed by atoms with Gasteiger partial charge in [-0.1, -0.05) is 47.2 Å². The lowest BCUT2D eigenvalue weighted by Gasteiger charge is -2.30. The molecular weight excluding hydrogens is 494 g/mol. The monoisotopic (exact) mass is 515 g/mol. The summed E-state index contributed by atoms with van der Waals surface area (Å²) in [7, 11) is -5.58. The van der Waals surface area contributed by atoms with E-state index in [1.807, 2.05) is 6.07 Å². The van der Waals surface area contributed by atoms with Crippen LogP contribution in [-0.4, -0.2) is 33.6 Å². The molecule has 0 amide bonds. The van der Waals surface area contributed by atoms with Crippen LogP contribution >= 0.6 is 27.5 Å². The van der Waals surface area contributed by atoms with Crippen LogP contribution in [0.1, 0.15) is 27.9 Å². The number of carboxylic acid groups (broad SMARTS) is 1. The first kappa shape index (κ1) is 22.5. The quantitative estimate of drug-likeness (QED) is 0.584. The standard InChI is InChI=1S/C20H23BrClNO4SSi/c1-29(2,3)19-17(21)11-12-10-14(6-9-16(12)18(19)20(24)25)23-28(26,27)15-7-4-13(22)5-8-15/h4-5,7-8,11,14,23H,6,9-10H2,1-3H3,(H,24,25). The number of rotatable bonds is 5. The van der Waals surface area contributed by atoms with Gasteiger partial charge >= 0.3 is 5.97 Å². The molecular formula is C20H23BrClNO4SSi. The third kappa shape index (κ3) is 4.77. The van der Waals surface area contributed by atoms with Crippen molar-refractivity contribution in [2.24, 2.45) is 0 Å². The van der Waals surface area contributed by atoms with Crippen molar-refractivity contribution in [2.45, 2.75) is 49.8 Å². The Bertz CT molecular complexity index is 1070. The summed E-state index contributed by atoms with van der Waals surface area (Å²) in [5, 5.41) is 11.3. The van der Waals surface area contributed by atoms with Crippen LogP contribution in [0.4, 0.5) is 0 Å². The zero-order valence-corrected chi connectivity index (χ0v) is 20.6. The Morgan fingerprint density at radius 1 is 1.24 bits per heavy atom. The van der Waals surface area contributed by atoms with Gasteiger partial charge < -0.3 is 5.11 Å². The third-order valence-corrected chi connectivity index (χ3v) is 9.90. The molecule has 3 rings (SSSR count). The highest BCUT2D eigenvalue weighted by Crippen LogP contribution is 2.30. The second kappa shape index (κ2) is 8.15. The molecule has 2 aromatic carbocycles. The molecule has 1 aliphatic carbocycles. The van der Waals surface area contributed by atoms with Crippen molar-refractivity contribution in [3.63, 3.8) is 0 Å². The minimum Gasteiger partial charge on any atom is -0.478 e. The van der Waals surface area contributed by atoms with Crippen molar-refractivity contribution in [3.8, 4) is 0 Å². The van der Waals surface area contributed by atoms with Gasteiger partial charge in [0.1, 0.15) is 0 Å². The van der Waals surface area contributed by atoms with Gasteiger partial charge in [-0.15, -0.1) is 0 Å². The summed E-state index contributed by atoms with van der Waals surface area (Å²) in [5.74, 6) is -0.917. The van der Waals surface area contributed by atoms with Crippen LogP contribution in [0, 0.1) is 0 Å². The van der Waals surface area contributed by atoms with Crippen molar-refractivity contribution in [3.05, 3.63) is 56.5 Å². The molecule has 0 saturated heterocycles. The number of halogens is 2. The van der Waals surface area contributed by atoms with Crippen molar-refractivity contribution >= 4 is 56.8 Å². The zero-order valence-electron chi connectivity index (χ0n) is 16.4. The number of nitrogens with one attached hydrogen (secondary N) is 1. The van der Waals surface area contributed by atoms with Crippen LogP contribution < -0.4 is 9.91 Å². The van der Waals surface area contributed by atoms with E-state index in [-0.39, 0.29) is 10.9 Å². The van der Waals surface area contributed by atoms with E-state index < -0.39 is 24.1 Å². The third-order valence-electron chi connectivity index (χ3n) is 5.10. The van der Waals surface area contributed by atoms with Crippen molar-refractivity contribution in [2.75, 3.05) is 0 Å². The molecule has 1 atom stereocenters. The second-order valence-electron chi connectivity index (χ2n) is 8.32. The maximum absolute atomic E-state index is 12.7. The Balaban J connectivity index is 1.94. The summed E-state index contributed by atoms with van der Waals surface area (Å²) in [6.07, 6.45) is 1.52. The number of hydrogen-bond donors (Lipinski definition) is 2. The van der Waals surface area contributed by atoms with Crippen LogP contribution in [0.25, 0.3) is 0 Å². The molecule has 1 aliphatic rings. The zero-order chi connectivity index (χ0) is 21.6. The molecule has 2 aromatic rings. The summed E-state index contributed by atoms with van der Waals surface area (Å²) in [6.45, 7) is 6.37. The van der Waals surface area contributed by atoms with Gasteiger partial charge in [-0.05, 0) is 65.9 Å². The molecule has 0 aromatic heterocycles. The lowest BCUT2D eigenvalue weighted by Crippen LogP contribution is -2.45. The summed E-state index contributed by atoms with van der Waals surface area (Å²) >= 11 is 9.42. The molecule has 0 radical (unpaired) electrons. The van der Waals surface area contributed by atoms with Gasteiger partial charge in [0.15, 0.2) is 0 Å². The van der Waals surface area contributed by atoms with E-state index in [2.05, 4.69) is 40.3 Å². The van der Waals surface area contributed by atoms with E-state index in [0.29, 0.717) is 29.8 Å². The number of hydrogen-bond acceptors (Lipinski definition) is 3. The Hall–Kier alpha value is -1.19. The number of fused-ring (bicyclic) bond motifs is 1. The van der Waals surface area contributed by atoms with Crippen molar-refractivity contribution in [1.29, 1.82) is 0 Å². The number of sulfonamides is 1. The van der Waals surface area contributed by atoms with Crippen LogP contribution in [0.15, 0.2) is 39.7 Å². The molecule has 5 nitrogen and oxygen atoms in total. The Morgan fingerprint density at radius 2 is 1.86 bits per heavy atom. The lowest BCUT2D eigenvalue weighted by atomic mass is 9.85. The molecule has 0 saturated carbocycles. The highest BCUT2D eigenvalue weighted by Gasteiger charge is 2.33. The minimum absolute atomic E-state index is 0.161. The largest absolute Gasteiger partial charge is 0.478 e. The van der Waals surface area contributed by atoms with Gasteiger partial charge in [-0.2, -0.15) is 0 Å². The van der Waals surface area contributed by atoms with E-state index >= 15 is 0 Å². The van der Waals surface area contributed by atoms with Crippen LogP contribution in [0.5, 0.6) is 0 Å². The Kier molecular flexibility index (Phi) is 6.32. The van der Waals surface area contributed by atoms with Gasteiger partial charge in [0.25, 0.3) is 0 Å². The number of aromatic carboxylic acids is 1. The topological polar surface area (TPSA) is 83.5 Å². The molecule has 156 valence electrons. The molecule has 9 heteroatoms. The number of carboxylic acids is 1. The number of benzene rings is 2. The van der Waals surface area contributed by atoms with Gasteiger partial charge in [-0.25, -0.2) is 17.9 Å². The maximum Gasteiger partial charge on any atom is 0.335 e. The molecule has 0 bridgehead atoms. The van der Waals surface area contributed by atoms with Crippen LogP contribution in [0.2, 0.25) is 24.7 Å².